The summed E-state index contributed by atoms with van der Waals surface area (Å²) in [4.78, 5) is 0. The smallest absolute Gasteiger partial charge is 0.148 e. The Hall–Kier alpha value is -0.220. The first-order valence-electron chi connectivity index (χ1n) is 4.81. The molecule has 0 saturated carbocycles. The number of nitrogens with zero attached hydrogens (tertiary/aromatic N) is 3. The van der Waals surface area contributed by atoms with Crippen molar-refractivity contribution in [1.82, 2.24) is 14.8 Å². The molecule has 1 aromatic heterocycles. The number of alkyl halides is 1. The Bertz CT molecular complexity index is 264. The highest BCUT2D eigenvalue weighted by Gasteiger charge is 2.09. The van der Waals surface area contributed by atoms with E-state index in [-0.39, 0.29) is 0 Å². The van der Waals surface area contributed by atoms with Crippen molar-refractivity contribution in [2.75, 3.05) is 11.5 Å². The second kappa shape index (κ2) is 6.30. The maximum atomic E-state index is 5.75. The maximum absolute atomic E-state index is 5.75. The van der Waals surface area contributed by atoms with Crippen LogP contribution in [0.25, 0.3) is 0 Å². The molecule has 0 aliphatic heterocycles. The molecule has 0 aliphatic carbocycles. The van der Waals surface area contributed by atoms with Crippen LogP contribution in [-0.4, -0.2) is 26.3 Å². The third-order valence-electron chi connectivity index (χ3n) is 2.13. The maximum Gasteiger partial charge on any atom is 0.148 e. The summed E-state index contributed by atoms with van der Waals surface area (Å²) < 4.78 is 2.06. The first kappa shape index (κ1) is 11.9. The van der Waals surface area contributed by atoms with Gasteiger partial charge in [0.15, 0.2) is 0 Å². The van der Waals surface area contributed by atoms with Crippen LogP contribution >= 0.6 is 23.4 Å². The monoisotopic (exact) mass is 233 g/mol. The Labute approximate surface area is 94.2 Å². The number of thioether (sulfide) groups is 1. The van der Waals surface area contributed by atoms with Gasteiger partial charge in [-0.05, 0) is 24.9 Å². The molecule has 14 heavy (non-hydrogen) atoms. The normalized spacial score (nSPS) is 13.1. The first-order valence-corrected chi connectivity index (χ1v) is 6.50. The van der Waals surface area contributed by atoms with Crippen molar-refractivity contribution in [3.63, 3.8) is 0 Å². The minimum absolute atomic E-state index is 0.436. The van der Waals surface area contributed by atoms with Gasteiger partial charge >= 0.3 is 0 Å². The lowest BCUT2D eigenvalue weighted by atomic mass is 10.2. The molecule has 5 heteroatoms. The zero-order valence-corrected chi connectivity index (χ0v) is 10.2. The summed E-state index contributed by atoms with van der Waals surface area (Å²) in [6, 6.07) is 0.442. The van der Waals surface area contributed by atoms with Crippen LogP contribution < -0.4 is 0 Å². The van der Waals surface area contributed by atoms with Crippen LogP contribution in [0.2, 0.25) is 0 Å². The standard InChI is InChI=1S/C9H16ClN3S/c1-3-14-5-4-8(2)13-7-11-12-9(13)6-10/h7-8H,3-6H2,1-2H3. The Morgan fingerprint density at radius 2 is 2.43 bits per heavy atom. The summed E-state index contributed by atoms with van der Waals surface area (Å²) >= 11 is 7.71. The van der Waals surface area contributed by atoms with Crippen molar-refractivity contribution in [2.24, 2.45) is 0 Å². The van der Waals surface area contributed by atoms with Gasteiger partial charge in [-0.1, -0.05) is 6.92 Å². The van der Waals surface area contributed by atoms with Crippen molar-refractivity contribution in [2.45, 2.75) is 32.2 Å². The molecule has 0 fully saturated rings. The van der Waals surface area contributed by atoms with Crippen molar-refractivity contribution < 1.29 is 0 Å². The van der Waals surface area contributed by atoms with Gasteiger partial charge in [0.25, 0.3) is 0 Å². The van der Waals surface area contributed by atoms with Crippen LogP contribution in [0.3, 0.4) is 0 Å². The largest absolute Gasteiger partial charge is 0.314 e. The molecule has 1 atom stereocenters. The van der Waals surface area contributed by atoms with Gasteiger partial charge in [-0.15, -0.1) is 21.8 Å². The van der Waals surface area contributed by atoms with Gasteiger partial charge < -0.3 is 4.57 Å². The molecule has 0 saturated heterocycles. The van der Waals surface area contributed by atoms with Crippen LogP contribution in [0.4, 0.5) is 0 Å². The fraction of sp³-hybridized carbons (Fsp3) is 0.778. The lowest BCUT2D eigenvalue weighted by Gasteiger charge is -2.13. The fourth-order valence-corrected chi connectivity index (χ4v) is 2.26. The average molecular weight is 234 g/mol. The molecule has 0 radical (unpaired) electrons. The van der Waals surface area contributed by atoms with Crippen LogP contribution in [-0.2, 0) is 5.88 Å². The molecule has 3 nitrogen and oxygen atoms in total. The zero-order valence-electron chi connectivity index (χ0n) is 8.61. The van der Waals surface area contributed by atoms with Gasteiger partial charge in [-0.25, -0.2) is 0 Å². The second-order valence-corrected chi connectivity index (χ2v) is 4.78. The minimum atomic E-state index is 0.436. The summed E-state index contributed by atoms with van der Waals surface area (Å²) in [6.45, 7) is 4.36. The molecular weight excluding hydrogens is 218 g/mol. The van der Waals surface area contributed by atoms with E-state index >= 15 is 0 Å². The molecule has 1 heterocycles. The van der Waals surface area contributed by atoms with Gasteiger partial charge in [0.2, 0.25) is 0 Å². The fourth-order valence-electron chi connectivity index (χ4n) is 1.27. The highest BCUT2D eigenvalue weighted by Crippen LogP contribution is 2.16. The van der Waals surface area contributed by atoms with E-state index in [0.29, 0.717) is 11.9 Å². The van der Waals surface area contributed by atoms with E-state index in [0.717, 1.165) is 12.2 Å². The number of rotatable bonds is 6. The Morgan fingerprint density at radius 3 is 3.07 bits per heavy atom. The van der Waals surface area contributed by atoms with Gasteiger partial charge in [0.1, 0.15) is 12.2 Å². The lowest BCUT2D eigenvalue weighted by molar-refractivity contribution is 0.519. The summed E-state index contributed by atoms with van der Waals surface area (Å²) in [5, 5.41) is 7.82. The Morgan fingerprint density at radius 1 is 1.64 bits per heavy atom. The van der Waals surface area contributed by atoms with E-state index in [1.54, 1.807) is 6.33 Å². The number of hydrogen-bond acceptors (Lipinski definition) is 3. The molecule has 0 amide bonds. The van der Waals surface area contributed by atoms with Crippen LogP contribution in [0.15, 0.2) is 6.33 Å². The molecule has 1 aromatic rings. The zero-order chi connectivity index (χ0) is 10.4. The lowest BCUT2D eigenvalue weighted by Crippen LogP contribution is -2.08. The third kappa shape index (κ3) is 3.17. The highest BCUT2D eigenvalue weighted by atomic mass is 35.5. The summed E-state index contributed by atoms with van der Waals surface area (Å²) in [7, 11) is 0. The second-order valence-electron chi connectivity index (χ2n) is 3.12. The van der Waals surface area contributed by atoms with Crippen LogP contribution in [0, 0.1) is 0 Å². The molecule has 0 bridgehead atoms. The summed E-state index contributed by atoms with van der Waals surface area (Å²) in [5.74, 6) is 3.65. The molecule has 1 unspecified atom stereocenters. The molecule has 0 N–H and O–H groups in total. The van der Waals surface area contributed by atoms with Gasteiger partial charge in [-0.2, -0.15) is 11.8 Å². The SMILES string of the molecule is CCSCCC(C)n1cnnc1CCl. The topological polar surface area (TPSA) is 30.7 Å². The van der Waals surface area contributed by atoms with E-state index < -0.39 is 0 Å². The molecule has 0 aromatic carbocycles. The highest BCUT2D eigenvalue weighted by molar-refractivity contribution is 7.99. The van der Waals surface area contributed by atoms with Gasteiger partial charge in [0, 0.05) is 6.04 Å². The predicted molar refractivity (Wildman–Crippen MR) is 61.9 cm³/mol. The molecule has 0 spiro atoms. The number of hydrogen-bond donors (Lipinski definition) is 0. The Kier molecular flexibility index (Phi) is 5.33. The summed E-state index contributed by atoms with van der Waals surface area (Å²) in [5.41, 5.74) is 0. The minimum Gasteiger partial charge on any atom is -0.314 e. The van der Waals surface area contributed by atoms with Crippen LogP contribution in [0.5, 0.6) is 0 Å². The first-order chi connectivity index (χ1) is 6.79. The van der Waals surface area contributed by atoms with Crippen LogP contribution in [0.1, 0.15) is 32.1 Å². The third-order valence-corrected chi connectivity index (χ3v) is 3.30. The molecule has 1 rings (SSSR count). The predicted octanol–water partition coefficient (Wildman–Crippen LogP) is 2.72. The molecule has 0 aliphatic rings. The van der Waals surface area contributed by atoms with Gasteiger partial charge in [0.05, 0.1) is 5.88 Å². The van der Waals surface area contributed by atoms with E-state index in [4.69, 9.17) is 11.6 Å². The number of aromatic nitrogens is 3. The van der Waals surface area contributed by atoms with Gasteiger partial charge in [-0.3, -0.25) is 0 Å². The molecular formula is C9H16ClN3S. The van der Waals surface area contributed by atoms with E-state index in [9.17, 15) is 0 Å². The quantitative estimate of drug-likeness (QED) is 0.559. The van der Waals surface area contributed by atoms with E-state index in [1.807, 2.05) is 11.8 Å². The number of halogens is 1. The van der Waals surface area contributed by atoms with E-state index in [2.05, 4.69) is 28.6 Å². The van der Waals surface area contributed by atoms with E-state index in [1.165, 1.54) is 11.5 Å². The average Bonchev–Trinajstić information content (AvgIpc) is 2.65. The van der Waals surface area contributed by atoms with Crippen molar-refractivity contribution in [3.8, 4) is 0 Å². The summed E-state index contributed by atoms with van der Waals surface area (Å²) in [6.07, 6.45) is 2.90. The molecule has 80 valence electrons. The van der Waals surface area contributed by atoms with Crippen molar-refractivity contribution in [3.05, 3.63) is 12.2 Å². The van der Waals surface area contributed by atoms with Crippen molar-refractivity contribution >= 4 is 23.4 Å². The Balaban J connectivity index is 2.47. The van der Waals surface area contributed by atoms with Crippen molar-refractivity contribution in [1.29, 1.82) is 0 Å².